The van der Waals surface area contributed by atoms with E-state index in [1.54, 1.807) is 0 Å². The molecule has 0 saturated heterocycles. The van der Waals surface area contributed by atoms with E-state index in [2.05, 4.69) is 28.9 Å². The van der Waals surface area contributed by atoms with Gasteiger partial charge >= 0.3 is 0 Å². The second kappa shape index (κ2) is 6.06. The fourth-order valence-corrected chi connectivity index (χ4v) is 2.35. The van der Waals surface area contributed by atoms with Crippen molar-refractivity contribution in [3.63, 3.8) is 0 Å². The third kappa shape index (κ3) is 2.99. The van der Waals surface area contributed by atoms with Crippen LogP contribution in [-0.2, 0) is 13.6 Å². The van der Waals surface area contributed by atoms with Gasteiger partial charge in [0.05, 0.1) is 6.54 Å². The smallest absolute Gasteiger partial charge is 0.178 e. The fraction of sp³-hybridized carbons (Fsp3) is 0.353. The zero-order valence-electron chi connectivity index (χ0n) is 12.7. The molecule has 0 radical (unpaired) electrons. The number of aromatic nitrogens is 1. The van der Waals surface area contributed by atoms with Gasteiger partial charge in [0, 0.05) is 30.5 Å². The van der Waals surface area contributed by atoms with Crippen molar-refractivity contribution < 1.29 is 4.79 Å². The maximum atomic E-state index is 12.2. The lowest BCUT2D eigenvalue weighted by atomic mass is 10.1. The van der Waals surface area contributed by atoms with Gasteiger partial charge in [-0.05, 0) is 38.0 Å². The van der Waals surface area contributed by atoms with Gasteiger partial charge in [-0.2, -0.15) is 0 Å². The molecule has 1 aromatic carbocycles. The summed E-state index contributed by atoms with van der Waals surface area (Å²) in [5.74, 6) is 0.153. The number of nitrogens with one attached hydrogen (secondary N) is 1. The monoisotopic (exact) mass is 270 g/mol. The van der Waals surface area contributed by atoms with E-state index in [1.807, 2.05) is 39.1 Å². The van der Waals surface area contributed by atoms with Crippen LogP contribution in [0, 0.1) is 20.8 Å². The molecule has 1 heterocycles. The summed E-state index contributed by atoms with van der Waals surface area (Å²) in [6, 6.07) is 10.2. The molecule has 0 spiro atoms. The van der Waals surface area contributed by atoms with Crippen molar-refractivity contribution in [2.24, 2.45) is 7.05 Å². The number of carbonyl (C=O) groups excluding carboxylic acids is 1. The van der Waals surface area contributed by atoms with E-state index in [4.69, 9.17) is 0 Å². The molecule has 0 fully saturated rings. The number of carbonyl (C=O) groups is 1. The predicted octanol–water partition coefficient (Wildman–Crippen LogP) is 2.92. The number of Topliss-reactive ketones (excluding diaryl/α,β-unsaturated/α-hetero) is 1. The lowest BCUT2D eigenvalue weighted by Crippen LogP contribution is -2.23. The van der Waals surface area contributed by atoms with Crippen LogP contribution >= 0.6 is 0 Å². The SMILES string of the molecule is Cc1ccccc1CNCC(=O)c1cc(C)n(C)c1C. The molecular formula is C17H22N2O. The molecule has 0 unspecified atom stereocenters. The first-order chi connectivity index (χ1) is 9.50. The number of aryl methyl sites for hydroxylation is 2. The van der Waals surface area contributed by atoms with E-state index in [-0.39, 0.29) is 5.78 Å². The molecule has 0 aliphatic carbocycles. The highest BCUT2D eigenvalue weighted by atomic mass is 16.1. The molecule has 0 bridgehead atoms. The molecule has 0 atom stereocenters. The minimum absolute atomic E-state index is 0.153. The van der Waals surface area contributed by atoms with Crippen LogP contribution in [0.1, 0.15) is 32.9 Å². The Bertz CT molecular complexity index is 626. The Morgan fingerprint density at radius 3 is 2.50 bits per heavy atom. The Kier molecular flexibility index (Phi) is 4.40. The molecule has 2 rings (SSSR count). The van der Waals surface area contributed by atoms with E-state index in [1.165, 1.54) is 11.1 Å². The van der Waals surface area contributed by atoms with E-state index in [0.29, 0.717) is 6.54 Å². The lowest BCUT2D eigenvalue weighted by Gasteiger charge is -2.07. The third-order valence-corrected chi connectivity index (χ3v) is 3.94. The molecule has 106 valence electrons. The van der Waals surface area contributed by atoms with Gasteiger partial charge in [-0.1, -0.05) is 24.3 Å². The van der Waals surface area contributed by atoms with Crippen LogP contribution in [0.2, 0.25) is 0 Å². The van der Waals surface area contributed by atoms with Crippen molar-refractivity contribution in [3.8, 4) is 0 Å². The Balaban J connectivity index is 1.96. The van der Waals surface area contributed by atoms with Gasteiger partial charge in [0.15, 0.2) is 5.78 Å². The van der Waals surface area contributed by atoms with Gasteiger partial charge in [0.25, 0.3) is 0 Å². The quantitative estimate of drug-likeness (QED) is 0.848. The first-order valence-electron chi connectivity index (χ1n) is 6.92. The Hall–Kier alpha value is -1.87. The molecule has 0 amide bonds. The summed E-state index contributed by atoms with van der Waals surface area (Å²) in [5, 5.41) is 3.24. The van der Waals surface area contributed by atoms with Gasteiger partial charge < -0.3 is 9.88 Å². The maximum Gasteiger partial charge on any atom is 0.178 e. The highest BCUT2D eigenvalue weighted by Crippen LogP contribution is 2.13. The van der Waals surface area contributed by atoms with Crippen molar-refractivity contribution in [2.75, 3.05) is 6.54 Å². The van der Waals surface area contributed by atoms with Gasteiger partial charge in [0.2, 0.25) is 0 Å². The first-order valence-corrected chi connectivity index (χ1v) is 6.92. The topological polar surface area (TPSA) is 34.0 Å². The number of benzene rings is 1. The van der Waals surface area contributed by atoms with Crippen LogP contribution in [0.3, 0.4) is 0 Å². The van der Waals surface area contributed by atoms with E-state index < -0.39 is 0 Å². The van der Waals surface area contributed by atoms with Crippen molar-refractivity contribution in [2.45, 2.75) is 27.3 Å². The normalized spacial score (nSPS) is 10.8. The Morgan fingerprint density at radius 1 is 1.20 bits per heavy atom. The van der Waals surface area contributed by atoms with Crippen LogP contribution in [0.15, 0.2) is 30.3 Å². The second-order valence-corrected chi connectivity index (χ2v) is 5.30. The predicted molar refractivity (Wildman–Crippen MR) is 82.1 cm³/mol. The molecule has 3 heteroatoms. The molecular weight excluding hydrogens is 248 g/mol. The van der Waals surface area contributed by atoms with E-state index in [9.17, 15) is 4.79 Å². The fourth-order valence-electron chi connectivity index (χ4n) is 2.35. The molecule has 0 saturated carbocycles. The van der Waals surface area contributed by atoms with Crippen molar-refractivity contribution >= 4 is 5.78 Å². The van der Waals surface area contributed by atoms with Crippen LogP contribution in [0.5, 0.6) is 0 Å². The summed E-state index contributed by atoms with van der Waals surface area (Å²) in [4.78, 5) is 12.2. The van der Waals surface area contributed by atoms with Crippen molar-refractivity contribution in [1.29, 1.82) is 0 Å². The van der Waals surface area contributed by atoms with Crippen molar-refractivity contribution in [1.82, 2.24) is 9.88 Å². The average molecular weight is 270 g/mol. The number of hydrogen-bond acceptors (Lipinski definition) is 2. The number of rotatable bonds is 5. The van der Waals surface area contributed by atoms with Gasteiger partial charge in [0.1, 0.15) is 0 Å². The summed E-state index contributed by atoms with van der Waals surface area (Å²) in [6.07, 6.45) is 0. The lowest BCUT2D eigenvalue weighted by molar-refractivity contribution is 0.0990. The Labute approximate surface area is 120 Å². The third-order valence-electron chi connectivity index (χ3n) is 3.94. The highest BCUT2D eigenvalue weighted by Gasteiger charge is 2.13. The van der Waals surface area contributed by atoms with Gasteiger partial charge in [-0.15, -0.1) is 0 Å². The standard InChI is InChI=1S/C17H22N2O/c1-12-7-5-6-8-15(12)10-18-11-17(20)16-9-13(2)19(4)14(16)3/h5-9,18H,10-11H2,1-4H3. The second-order valence-electron chi connectivity index (χ2n) is 5.30. The van der Waals surface area contributed by atoms with Crippen LogP contribution in [0.25, 0.3) is 0 Å². The van der Waals surface area contributed by atoms with Gasteiger partial charge in [-0.3, -0.25) is 4.79 Å². The zero-order valence-corrected chi connectivity index (χ0v) is 12.7. The van der Waals surface area contributed by atoms with Gasteiger partial charge in [-0.25, -0.2) is 0 Å². The van der Waals surface area contributed by atoms with Crippen LogP contribution < -0.4 is 5.32 Å². The van der Waals surface area contributed by atoms with E-state index >= 15 is 0 Å². The molecule has 3 nitrogen and oxygen atoms in total. The summed E-state index contributed by atoms with van der Waals surface area (Å²) in [6.45, 7) is 7.19. The summed E-state index contributed by atoms with van der Waals surface area (Å²) in [5.41, 5.74) is 5.46. The summed E-state index contributed by atoms with van der Waals surface area (Å²) in [7, 11) is 1.99. The van der Waals surface area contributed by atoms with Crippen LogP contribution in [-0.4, -0.2) is 16.9 Å². The summed E-state index contributed by atoms with van der Waals surface area (Å²) >= 11 is 0. The number of ketones is 1. The summed E-state index contributed by atoms with van der Waals surface area (Å²) < 4.78 is 2.05. The molecule has 20 heavy (non-hydrogen) atoms. The molecule has 1 N–H and O–H groups in total. The largest absolute Gasteiger partial charge is 0.351 e. The zero-order chi connectivity index (χ0) is 14.7. The molecule has 0 aliphatic rings. The maximum absolute atomic E-state index is 12.2. The highest BCUT2D eigenvalue weighted by molar-refractivity contribution is 5.99. The van der Waals surface area contributed by atoms with Crippen LogP contribution in [0.4, 0.5) is 0 Å². The molecule has 0 aliphatic heterocycles. The minimum atomic E-state index is 0.153. The minimum Gasteiger partial charge on any atom is -0.351 e. The Morgan fingerprint density at radius 2 is 1.90 bits per heavy atom. The average Bonchev–Trinajstić information content (AvgIpc) is 2.68. The molecule has 1 aromatic heterocycles. The van der Waals surface area contributed by atoms with Crippen molar-refractivity contribution in [3.05, 3.63) is 58.4 Å². The van der Waals surface area contributed by atoms with E-state index in [0.717, 1.165) is 23.5 Å². The molecule has 2 aromatic rings. The number of hydrogen-bond donors (Lipinski definition) is 1. The number of nitrogens with zero attached hydrogens (tertiary/aromatic N) is 1. The first kappa shape index (κ1) is 14.5.